The SMILES string of the molecule is Cc1ccc([C@H]2C(C(=O)O)=CC[C@@H](c3ccc(C#N)cc3)N2S(=O)(=O)c2ccc(C)cc2)cc1. The molecule has 0 spiro atoms. The van der Waals surface area contributed by atoms with E-state index in [0.717, 1.165) is 11.1 Å². The van der Waals surface area contributed by atoms with Crippen molar-refractivity contribution < 1.29 is 18.3 Å². The predicted molar refractivity (Wildman–Crippen MR) is 128 cm³/mol. The van der Waals surface area contributed by atoms with Gasteiger partial charge in [0.05, 0.1) is 34.2 Å². The lowest BCUT2D eigenvalue weighted by atomic mass is 9.89. The lowest BCUT2D eigenvalue weighted by Gasteiger charge is -2.40. The number of aryl methyl sites for hydroxylation is 2. The molecule has 3 aromatic carbocycles. The Hall–Kier alpha value is -3.73. The molecule has 7 heteroatoms. The summed E-state index contributed by atoms with van der Waals surface area (Å²) >= 11 is 0. The Morgan fingerprint density at radius 1 is 0.912 bits per heavy atom. The molecule has 0 aliphatic carbocycles. The van der Waals surface area contributed by atoms with Crippen molar-refractivity contribution in [3.8, 4) is 6.07 Å². The monoisotopic (exact) mass is 472 g/mol. The van der Waals surface area contributed by atoms with Crippen LogP contribution in [0.2, 0.25) is 0 Å². The minimum atomic E-state index is -4.10. The van der Waals surface area contributed by atoms with Crippen molar-refractivity contribution in [2.45, 2.75) is 37.2 Å². The van der Waals surface area contributed by atoms with E-state index in [1.165, 1.54) is 4.31 Å². The van der Waals surface area contributed by atoms with Crippen LogP contribution in [0.15, 0.2) is 89.3 Å². The maximum absolute atomic E-state index is 14.1. The number of nitrogens with zero attached hydrogens (tertiary/aromatic N) is 2. The summed E-state index contributed by atoms with van der Waals surface area (Å²) in [4.78, 5) is 12.4. The summed E-state index contributed by atoms with van der Waals surface area (Å²) in [5.41, 5.74) is 3.65. The van der Waals surface area contributed by atoms with Gasteiger partial charge in [-0.2, -0.15) is 9.57 Å². The Balaban J connectivity index is 1.95. The number of rotatable bonds is 5. The number of carbonyl (C=O) groups is 1. The molecular formula is C27H24N2O4S. The third-order valence-corrected chi connectivity index (χ3v) is 7.97. The zero-order valence-corrected chi connectivity index (χ0v) is 19.7. The summed E-state index contributed by atoms with van der Waals surface area (Å²) in [7, 11) is -4.10. The molecule has 4 rings (SSSR count). The van der Waals surface area contributed by atoms with Crippen LogP contribution < -0.4 is 0 Å². The van der Waals surface area contributed by atoms with Crippen LogP contribution in [-0.4, -0.2) is 23.8 Å². The highest BCUT2D eigenvalue weighted by atomic mass is 32.2. The maximum Gasteiger partial charge on any atom is 0.333 e. The van der Waals surface area contributed by atoms with Gasteiger partial charge < -0.3 is 5.11 Å². The number of carboxylic acid groups (broad SMARTS) is 1. The van der Waals surface area contributed by atoms with Crippen molar-refractivity contribution in [3.63, 3.8) is 0 Å². The molecule has 1 N–H and O–H groups in total. The Bertz CT molecular complexity index is 1380. The van der Waals surface area contributed by atoms with Crippen LogP contribution in [0.4, 0.5) is 0 Å². The lowest BCUT2D eigenvalue weighted by molar-refractivity contribution is -0.133. The number of sulfonamides is 1. The van der Waals surface area contributed by atoms with E-state index in [9.17, 15) is 18.3 Å². The molecule has 0 unspecified atom stereocenters. The number of hydrogen-bond donors (Lipinski definition) is 1. The Kier molecular flexibility index (Phi) is 6.38. The van der Waals surface area contributed by atoms with Gasteiger partial charge in [0.15, 0.2) is 0 Å². The van der Waals surface area contributed by atoms with Gasteiger partial charge in [-0.1, -0.05) is 65.7 Å². The molecular weight excluding hydrogens is 448 g/mol. The summed E-state index contributed by atoms with van der Waals surface area (Å²) in [6.45, 7) is 3.79. The van der Waals surface area contributed by atoms with Gasteiger partial charge >= 0.3 is 5.97 Å². The van der Waals surface area contributed by atoms with E-state index in [-0.39, 0.29) is 16.9 Å². The summed E-state index contributed by atoms with van der Waals surface area (Å²) in [6.07, 6.45) is 1.80. The van der Waals surface area contributed by atoms with Crippen LogP contribution in [0.5, 0.6) is 0 Å². The topological polar surface area (TPSA) is 98.5 Å². The fourth-order valence-electron chi connectivity index (χ4n) is 4.25. The van der Waals surface area contributed by atoms with Crippen LogP contribution in [-0.2, 0) is 14.8 Å². The van der Waals surface area contributed by atoms with E-state index < -0.39 is 28.1 Å². The van der Waals surface area contributed by atoms with Crippen LogP contribution >= 0.6 is 0 Å². The van der Waals surface area contributed by atoms with Gasteiger partial charge in [-0.25, -0.2) is 13.2 Å². The first-order chi connectivity index (χ1) is 16.2. The molecule has 1 aliphatic rings. The van der Waals surface area contributed by atoms with E-state index in [0.29, 0.717) is 16.7 Å². The maximum atomic E-state index is 14.1. The summed E-state index contributed by atoms with van der Waals surface area (Å²) in [6, 6.07) is 20.9. The van der Waals surface area contributed by atoms with Gasteiger partial charge in [0.2, 0.25) is 10.0 Å². The number of hydrogen-bond acceptors (Lipinski definition) is 4. The van der Waals surface area contributed by atoms with Crippen LogP contribution in [0.3, 0.4) is 0 Å². The van der Waals surface area contributed by atoms with E-state index in [1.54, 1.807) is 66.7 Å². The smallest absolute Gasteiger partial charge is 0.333 e. The largest absolute Gasteiger partial charge is 0.478 e. The fourth-order valence-corrected chi connectivity index (χ4v) is 6.03. The minimum absolute atomic E-state index is 0.0180. The van der Waals surface area contributed by atoms with Crippen molar-refractivity contribution >= 4 is 16.0 Å². The third kappa shape index (κ3) is 4.38. The molecule has 1 aliphatic heterocycles. The molecule has 0 aromatic heterocycles. The van der Waals surface area contributed by atoms with E-state index >= 15 is 0 Å². The fraction of sp³-hybridized carbons (Fsp3) is 0.185. The summed E-state index contributed by atoms with van der Waals surface area (Å²) < 4.78 is 29.5. The number of nitriles is 1. The molecule has 0 saturated carbocycles. The normalized spacial score (nSPS) is 18.7. The van der Waals surface area contributed by atoms with Gasteiger partial charge in [-0.05, 0) is 55.7 Å². The highest BCUT2D eigenvalue weighted by Gasteiger charge is 2.44. The molecule has 0 fully saturated rings. The molecule has 0 radical (unpaired) electrons. The van der Waals surface area contributed by atoms with Gasteiger partial charge in [0, 0.05) is 0 Å². The van der Waals surface area contributed by atoms with Crippen molar-refractivity contribution in [1.82, 2.24) is 4.31 Å². The average molecular weight is 473 g/mol. The Labute approximate surface area is 199 Å². The van der Waals surface area contributed by atoms with Crippen molar-refractivity contribution in [2.24, 2.45) is 0 Å². The van der Waals surface area contributed by atoms with Gasteiger partial charge in [-0.15, -0.1) is 0 Å². The van der Waals surface area contributed by atoms with Crippen molar-refractivity contribution in [1.29, 1.82) is 5.26 Å². The second-order valence-electron chi connectivity index (χ2n) is 8.41. The van der Waals surface area contributed by atoms with E-state index in [4.69, 9.17) is 5.26 Å². The molecule has 2 atom stereocenters. The second kappa shape index (κ2) is 9.26. The quantitative estimate of drug-likeness (QED) is 0.559. The van der Waals surface area contributed by atoms with Crippen LogP contribution in [0.1, 0.15) is 46.3 Å². The first-order valence-electron chi connectivity index (χ1n) is 10.8. The first-order valence-corrected chi connectivity index (χ1v) is 12.3. The zero-order valence-electron chi connectivity index (χ0n) is 18.8. The molecule has 6 nitrogen and oxygen atoms in total. The second-order valence-corrected chi connectivity index (χ2v) is 10.3. The summed E-state index contributed by atoms with van der Waals surface area (Å²) in [5.74, 6) is -1.16. The average Bonchev–Trinajstić information content (AvgIpc) is 2.84. The molecule has 0 saturated heterocycles. The van der Waals surface area contributed by atoms with Crippen molar-refractivity contribution in [2.75, 3.05) is 0 Å². The highest BCUT2D eigenvalue weighted by molar-refractivity contribution is 7.89. The standard InChI is InChI=1S/C27H24N2O4S/c1-18-3-9-22(10-4-18)26-24(27(30)31)15-16-25(21-11-7-20(17-28)8-12-21)29(26)34(32,33)23-13-5-19(2)6-14-23/h3-15,25-26H,16H2,1-2H3,(H,30,31)/t25-,26-/m0/s1. The summed E-state index contributed by atoms with van der Waals surface area (Å²) in [5, 5.41) is 19.2. The molecule has 3 aromatic rings. The number of carboxylic acids is 1. The van der Waals surface area contributed by atoms with Gasteiger partial charge in [0.25, 0.3) is 0 Å². The zero-order chi connectivity index (χ0) is 24.5. The molecule has 0 amide bonds. The highest BCUT2D eigenvalue weighted by Crippen LogP contribution is 2.45. The predicted octanol–water partition coefficient (Wildman–Crippen LogP) is 5.06. The molecule has 172 valence electrons. The number of benzene rings is 3. The van der Waals surface area contributed by atoms with Gasteiger partial charge in [-0.3, -0.25) is 0 Å². The van der Waals surface area contributed by atoms with E-state index in [1.807, 2.05) is 26.0 Å². The number of aliphatic carboxylic acids is 1. The molecule has 0 bridgehead atoms. The third-order valence-electron chi connectivity index (χ3n) is 6.08. The minimum Gasteiger partial charge on any atom is -0.478 e. The van der Waals surface area contributed by atoms with Crippen LogP contribution in [0, 0.1) is 25.2 Å². The Morgan fingerprint density at radius 3 is 1.97 bits per heavy atom. The lowest BCUT2D eigenvalue weighted by Crippen LogP contribution is -2.42. The van der Waals surface area contributed by atoms with Crippen molar-refractivity contribution in [3.05, 3.63) is 112 Å². The van der Waals surface area contributed by atoms with Crippen LogP contribution in [0.25, 0.3) is 0 Å². The first kappa shape index (κ1) is 23.4. The van der Waals surface area contributed by atoms with Gasteiger partial charge in [0.1, 0.15) is 0 Å². The molecule has 1 heterocycles. The van der Waals surface area contributed by atoms with E-state index in [2.05, 4.69) is 6.07 Å². The Morgan fingerprint density at radius 2 is 1.44 bits per heavy atom. The molecule has 34 heavy (non-hydrogen) atoms.